The summed E-state index contributed by atoms with van der Waals surface area (Å²) in [6, 6.07) is 6.85. The number of aromatic nitrogens is 1. The Labute approximate surface area is 232 Å². The SMILES string of the molecule is CCOC(=O)c1c(N)c([C@H]2[C@@H]3OC(C)(C)O[C@@H]3[C@@H](CF)N2C(=O)OC(C)(C)C)cn1C(=O)OCc1ccccc1. The molecule has 3 heterocycles. The zero-order valence-electron chi connectivity index (χ0n) is 23.5. The number of benzene rings is 1. The first kappa shape index (κ1) is 29.3. The van der Waals surface area contributed by atoms with Crippen LogP contribution in [-0.2, 0) is 30.3 Å². The molecule has 4 rings (SSSR count). The van der Waals surface area contributed by atoms with E-state index in [0.717, 1.165) is 10.1 Å². The van der Waals surface area contributed by atoms with E-state index in [0.29, 0.717) is 0 Å². The number of esters is 1. The predicted molar refractivity (Wildman–Crippen MR) is 141 cm³/mol. The molecule has 4 atom stereocenters. The fraction of sp³-hybridized carbons (Fsp3) is 0.536. The standard InChI is InChI=1S/C28H36FN3O8/c1-7-36-24(33)21-19(30)17(14-31(21)25(34)37-15-16-11-9-8-10-12-16)20-23-22(38-28(5,6)39-23)18(13-29)32(20)26(35)40-27(2,3)4/h8-12,14,18,20,22-23H,7,13,15,30H2,1-6H3/t18-,20+,22-,23+/m1/s1. The molecular formula is C28H36FN3O8. The van der Waals surface area contributed by atoms with E-state index in [1.165, 1.54) is 11.1 Å². The zero-order valence-corrected chi connectivity index (χ0v) is 23.5. The smallest absolute Gasteiger partial charge is 0.419 e. The van der Waals surface area contributed by atoms with Gasteiger partial charge in [-0.3, -0.25) is 4.90 Å². The number of carbonyl (C=O) groups is 3. The maximum atomic E-state index is 14.6. The molecule has 2 aliphatic heterocycles. The highest BCUT2D eigenvalue weighted by molar-refractivity contribution is 5.98. The van der Waals surface area contributed by atoms with Crippen LogP contribution in [-0.4, -0.2) is 70.5 Å². The van der Waals surface area contributed by atoms with Gasteiger partial charge in [-0.25, -0.2) is 23.3 Å². The average molecular weight is 562 g/mol. The van der Waals surface area contributed by atoms with Crippen molar-refractivity contribution >= 4 is 23.8 Å². The van der Waals surface area contributed by atoms with Gasteiger partial charge in [0.25, 0.3) is 0 Å². The summed E-state index contributed by atoms with van der Waals surface area (Å²) in [5.74, 6) is -1.95. The van der Waals surface area contributed by atoms with Crippen LogP contribution in [0.25, 0.3) is 0 Å². The van der Waals surface area contributed by atoms with Crippen LogP contribution in [0.5, 0.6) is 0 Å². The van der Waals surface area contributed by atoms with Crippen molar-refractivity contribution in [2.45, 2.75) is 83.8 Å². The van der Waals surface area contributed by atoms with Gasteiger partial charge in [-0.05, 0) is 47.1 Å². The van der Waals surface area contributed by atoms with E-state index in [-0.39, 0.29) is 30.2 Å². The Morgan fingerprint density at radius 2 is 1.70 bits per heavy atom. The van der Waals surface area contributed by atoms with Gasteiger partial charge in [-0.1, -0.05) is 30.3 Å². The first-order chi connectivity index (χ1) is 18.8. The highest BCUT2D eigenvalue weighted by atomic mass is 19.1. The number of anilines is 1. The van der Waals surface area contributed by atoms with Crippen LogP contribution in [0.3, 0.4) is 0 Å². The number of hydrogen-bond donors (Lipinski definition) is 1. The topological polar surface area (TPSA) is 132 Å². The van der Waals surface area contributed by atoms with Gasteiger partial charge in [0.1, 0.15) is 31.1 Å². The molecule has 1 aromatic heterocycles. The number of fused-ring (bicyclic) bond motifs is 1. The molecule has 0 spiro atoms. The van der Waals surface area contributed by atoms with E-state index in [4.69, 9.17) is 29.4 Å². The fourth-order valence-corrected chi connectivity index (χ4v) is 5.05. The van der Waals surface area contributed by atoms with Crippen molar-refractivity contribution in [2.24, 2.45) is 0 Å². The van der Waals surface area contributed by atoms with Crippen molar-refractivity contribution in [2.75, 3.05) is 19.0 Å². The van der Waals surface area contributed by atoms with E-state index in [2.05, 4.69) is 0 Å². The normalized spacial score (nSPS) is 23.5. The molecule has 0 unspecified atom stereocenters. The molecule has 218 valence electrons. The summed E-state index contributed by atoms with van der Waals surface area (Å²) < 4.78 is 43.8. The molecule has 2 N–H and O–H groups in total. The number of rotatable bonds is 6. The van der Waals surface area contributed by atoms with Gasteiger partial charge >= 0.3 is 18.2 Å². The quantitative estimate of drug-likeness (QED) is 0.398. The maximum absolute atomic E-state index is 14.6. The Kier molecular flexibility index (Phi) is 8.13. The van der Waals surface area contributed by atoms with Gasteiger partial charge in [0.05, 0.1) is 24.4 Å². The van der Waals surface area contributed by atoms with Crippen LogP contribution < -0.4 is 5.73 Å². The molecule has 1 aromatic carbocycles. The second-order valence-electron chi connectivity index (χ2n) is 11.1. The van der Waals surface area contributed by atoms with Crippen LogP contribution in [0.1, 0.15) is 69.2 Å². The van der Waals surface area contributed by atoms with Gasteiger partial charge in [-0.15, -0.1) is 0 Å². The Morgan fingerprint density at radius 1 is 1.05 bits per heavy atom. The van der Waals surface area contributed by atoms with Crippen LogP contribution in [0.15, 0.2) is 36.5 Å². The lowest BCUT2D eigenvalue weighted by Crippen LogP contribution is -2.46. The molecule has 0 bridgehead atoms. The number of hydrogen-bond acceptors (Lipinski definition) is 9. The number of nitrogens with zero attached hydrogens (tertiary/aromatic N) is 2. The van der Waals surface area contributed by atoms with Crippen LogP contribution in [0, 0.1) is 0 Å². The number of halogens is 1. The molecular weight excluding hydrogens is 525 g/mol. The van der Waals surface area contributed by atoms with Crippen LogP contribution in [0.4, 0.5) is 19.7 Å². The highest BCUT2D eigenvalue weighted by Crippen LogP contribution is 2.49. The monoisotopic (exact) mass is 561 g/mol. The molecule has 0 aliphatic carbocycles. The molecule has 12 heteroatoms. The van der Waals surface area contributed by atoms with Gasteiger partial charge < -0.3 is 29.4 Å². The Hall–Kier alpha value is -3.64. The van der Waals surface area contributed by atoms with Gasteiger partial charge in [0.2, 0.25) is 0 Å². The minimum Gasteiger partial charge on any atom is -0.461 e. The summed E-state index contributed by atoms with van der Waals surface area (Å²) in [4.78, 5) is 40.8. The maximum Gasteiger partial charge on any atom is 0.419 e. The Morgan fingerprint density at radius 3 is 2.30 bits per heavy atom. The second kappa shape index (κ2) is 11.1. The number of nitrogens with two attached hydrogens (primary N) is 1. The molecule has 2 fully saturated rings. The lowest BCUT2D eigenvalue weighted by atomic mass is 10.0. The van der Waals surface area contributed by atoms with E-state index in [1.54, 1.807) is 65.8 Å². The number of nitrogen functional groups attached to an aromatic ring is 1. The van der Waals surface area contributed by atoms with Crippen molar-refractivity contribution in [1.82, 2.24) is 9.47 Å². The van der Waals surface area contributed by atoms with Crippen molar-refractivity contribution in [3.8, 4) is 0 Å². The molecule has 2 aliphatic rings. The lowest BCUT2D eigenvalue weighted by molar-refractivity contribution is -0.167. The Balaban J connectivity index is 1.80. The summed E-state index contributed by atoms with van der Waals surface area (Å²) in [6.45, 7) is 9.01. The first-order valence-corrected chi connectivity index (χ1v) is 13.1. The summed E-state index contributed by atoms with van der Waals surface area (Å²) >= 11 is 0. The number of carbonyl (C=O) groups excluding carboxylic acids is 3. The predicted octanol–water partition coefficient (Wildman–Crippen LogP) is 4.58. The van der Waals surface area contributed by atoms with E-state index < -0.39 is 60.5 Å². The molecule has 0 saturated carbocycles. The molecule has 1 amide bonds. The summed E-state index contributed by atoms with van der Waals surface area (Å²) in [5, 5.41) is 0. The third-order valence-electron chi connectivity index (χ3n) is 6.54. The third kappa shape index (κ3) is 5.78. The first-order valence-electron chi connectivity index (χ1n) is 13.1. The van der Waals surface area contributed by atoms with Crippen LogP contribution in [0.2, 0.25) is 0 Å². The minimum absolute atomic E-state index is 0.0189. The van der Waals surface area contributed by atoms with E-state index in [9.17, 15) is 18.8 Å². The molecule has 2 saturated heterocycles. The molecule has 0 radical (unpaired) electrons. The number of alkyl halides is 1. The number of amides is 1. The van der Waals surface area contributed by atoms with E-state index >= 15 is 0 Å². The summed E-state index contributed by atoms with van der Waals surface area (Å²) in [6.07, 6.45) is -2.16. The lowest BCUT2D eigenvalue weighted by Gasteiger charge is -2.34. The largest absolute Gasteiger partial charge is 0.461 e. The van der Waals surface area contributed by atoms with Gasteiger partial charge in [0, 0.05) is 11.8 Å². The summed E-state index contributed by atoms with van der Waals surface area (Å²) in [7, 11) is 0. The second-order valence-corrected chi connectivity index (χ2v) is 11.1. The highest BCUT2D eigenvalue weighted by Gasteiger charge is 2.61. The fourth-order valence-electron chi connectivity index (χ4n) is 5.05. The molecule has 2 aromatic rings. The van der Waals surface area contributed by atoms with Crippen molar-refractivity contribution in [3.63, 3.8) is 0 Å². The van der Waals surface area contributed by atoms with Crippen LogP contribution >= 0.6 is 0 Å². The van der Waals surface area contributed by atoms with Gasteiger partial charge in [0.15, 0.2) is 11.5 Å². The third-order valence-corrected chi connectivity index (χ3v) is 6.54. The van der Waals surface area contributed by atoms with Gasteiger partial charge in [-0.2, -0.15) is 0 Å². The molecule has 40 heavy (non-hydrogen) atoms. The molecule has 11 nitrogen and oxygen atoms in total. The van der Waals surface area contributed by atoms with Crippen molar-refractivity contribution < 1.29 is 42.5 Å². The van der Waals surface area contributed by atoms with Crippen molar-refractivity contribution in [1.29, 1.82) is 0 Å². The van der Waals surface area contributed by atoms with Crippen molar-refractivity contribution in [3.05, 3.63) is 53.3 Å². The van der Waals surface area contributed by atoms with E-state index in [1.807, 2.05) is 6.07 Å². The number of ether oxygens (including phenoxy) is 5. The zero-order chi connectivity index (χ0) is 29.4. The average Bonchev–Trinajstić information content (AvgIpc) is 3.47. The minimum atomic E-state index is -1.09. The summed E-state index contributed by atoms with van der Waals surface area (Å²) in [5.41, 5.74) is 6.07. The Bertz CT molecular complexity index is 1260. The number of likely N-dealkylation sites (tertiary alicyclic amines) is 1.